The second-order valence-corrected chi connectivity index (χ2v) is 5.98. The van der Waals surface area contributed by atoms with Crippen molar-refractivity contribution >= 4 is 27.7 Å². The van der Waals surface area contributed by atoms with Gasteiger partial charge >= 0.3 is 0 Å². The van der Waals surface area contributed by atoms with Gasteiger partial charge in [0.15, 0.2) is 0 Å². The van der Waals surface area contributed by atoms with Gasteiger partial charge in [0.05, 0.1) is 18.2 Å². The van der Waals surface area contributed by atoms with Crippen LogP contribution in [0, 0.1) is 5.92 Å². The number of rotatable bonds is 8. The zero-order valence-corrected chi connectivity index (χ0v) is 14.7. The maximum absolute atomic E-state index is 12.5. The maximum atomic E-state index is 12.5. The van der Waals surface area contributed by atoms with Crippen molar-refractivity contribution in [2.45, 2.75) is 33.7 Å². The second kappa shape index (κ2) is 9.00. The van der Waals surface area contributed by atoms with Crippen molar-refractivity contribution in [1.29, 1.82) is 0 Å². The summed E-state index contributed by atoms with van der Waals surface area (Å²) in [7, 11) is 0. The van der Waals surface area contributed by atoms with E-state index in [1.807, 2.05) is 13.8 Å². The summed E-state index contributed by atoms with van der Waals surface area (Å²) in [6.45, 7) is 9.90. The fourth-order valence-corrected chi connectivity index (χ4v) is 2.14. The highest BCUT2D eigenvalue weighted by atomic mass is 79.9. The van der Waals surface area contributed by atoms with E-state index in [-0.39, 0.29) is 11.9 Å². The van der Waals surface area contributed by atoms with Crippen molar-refractivity contribution in [1.82, 2.24) is 10.3 Å². The number of hydrogen-bond acceptors (Lipinski definition) is 4. The molecule has 5 nitrogen and oxygen atoms in total. The van der Waals surface area contributed by atoms with Crippen molar-refractivity contribution in [3.05, 3.63) is 22.3 Å². The van der Waals surface area contributed by atoms with Gasteiger partial charge in [-0.2, -0.15) is 0 Å². The molecule has 1 aromatic rings. The summed E-state index contributed by atoms with van der Waals surface area (Å²) in [6.07, 6.45) is 1.68. The highest BCUT2D eigenvalue weighted by molar-refractivity contribution is 9.10. The Hall–Kier alpha value is -1.14. The number of amides is 1. The standard InChI is InChI=1S/C15H24BrN3O2/c1-5-17-14-12(7-11(16)8-18-14)15(20)19-13(10(3)4)9-21-6-2/h7-8,10,13H,5-6,9H2,1-4H3,(H,17,18)(H,19,20). The predicted molar refractivity (Wildman–Crippen MR) is 88.7 cm³/mol. The van der Waals surface area contributed by atoms with E-state index >= 15 is 0 Å². The normalized spacial score (nSPS) is 12.3. The third-order valence-electron chi connectivity index (χ3n) is 3.07. The van der Waals surface area contributed by atoms with Crippen LogP contribution in [0.25, 0.3) is 0 Å². The van der Waals surface area contributed by atoms with Crippen molar-refractivity contribution in [3.63, 3.8) is 0 Å². The van der Waals surface area contributed by atoms with E-state index in [1.165, 1.54) is 0 Å². The molecule has 1 atom stereocenters. The molecule has 0 saturated heterocycles. The van der Waals surface area contributed by atoms with Crippen molar-refractivity contribution < 1.29 is 9.53 Å². The molecule has 0 fully saturated rings. The average Bonchev–Trinajstić information content (AvgIpc) is 2.45. The van der Waals surface area contributed by atoms with Crippen LogP contribution in [0.1, 0.15) is 38.1 Å². The molecule has 0 aliphatic heterocycles. The lowest BCUT2D eigenvalue weighted by Crippen LogP contribution is -2.42. The minimum absolute atomic E-state index is 0.0223. The fraction of sp³-hybridized carbons (Fsp3) is 0.600. The van der Waals surface area contributed by atoms with Gasteiger partial charge in [0, 0.05) is 23.8 Å². The number of hydrogen-bond donors (Lipinski definition) is 2. The molecule has 0 radical (unpaired) electrons. The Labute approximate surface area is 135 Å². The lowest BCUT2D eigenvalue weighted by atomic mass is 10.0. The van der Waals surface area contributed by atoms with Gasteiger partial charge in [0.2, 0.25) is 0 Å². The smallest absolute Gasteiger partial charge is 0.255 e. The number of pyridine rings is 1. The predicted octanol–water partition coefficient (Wildman–Crippen LogP) is 3.07. The average molecular weight is 358 g/mol. The number of carbonyl (C=O) groups is 1. The number of nitrogens with one attached hydrogen (secondary N) is 2. The van der Waals surface area contributed by atoms with Gasteiger partial charge in [-0.05, 0) is 41.8 Å². The van der Waals surface area contributed by atoms with Crippen LogP contribution in [0.3, 0.4) is 0 Å². The molecule has 0 bridgehead atoms. The first-order valence-electron chi connectivity index (χ1n) is 7.27. The van der Waals surface area contributed by atoms with E-state index in [2.05, 4.69) is 45.4 Å². The van der Waals surface area contributed by atoms with Crippen LogP contribution in [0.5, 0.6) is 0 Å². The molecule has 6 heteroatoms. The summed E-state index contributed by atoms with van der Waals surface area (Å²) < 4.78 is 6.22. The lowest BCUT2D eigenvalue weighted by molar-refractivity contribution is 0.0806. The Morgan fingerprint density at radius 2 is 2.14 bits per heavy atom. The Kier molecular flexibility index (Phi) is 7.67. The number of aromatic nitrogens is 1. The van der Waals surface area contributed by atoms with Crippen LogP contribution in [0.4, 0.5) is 5.82 Å². The van der Waals surface area contributed by atoms with Gasteiger partial charge in [-0.3, -0.25) is 4.79 Å². The third kappa shape index (κ3) is 5.63. The molecule has 0 aromatic carbocycles. The quantitative estimate of drug-likeness (QED) is 0.750. The largest absolute Gasteiger partial charge is 0.380 e. The van der Waals surface area contributed by atoms with Crippen molar-refractivity contribution in [2.75, 3.05) is 25.1 Å². The van der Waals surface area contributed by atoms with Crippen molar-refractivity contribution in [2.24, 2.45) is 5.92 Å². The molecule has 1 aromatic heterocycles. The van der Waals surface area contributed by atoms with Crippen molar-refractivity contribution in [3.8, 4) is 0 Å². The van der Waals surface area contributed by atoms with Gasteiger partial charge in [-0.15, -0.1) is 0 Å². The highest BCUT2D eigenvalue weighted by Crippen LogP contribution is 2.18. The minimum atomic E-state index is -0.141. The molecular formula is C15H24BrN3O2. The second-order valence-electron chi connectivity index (χ2n) is 5.06. The first kappa shape index (κ1) is 17.9. The topological polar surface area (TPSA) is 63.2 Å². The number of anilines is 1. The van der Waals surface area contributed by atoms with E-state index < -0.39 is 0 Å². The summed E-state index contributed by atoms with van der Waals surface area (Å²) >= 11 is 3.36. The number of carbonyl (C=O) groups excluding carboxylic acids is 1. The Balaban J connectivity index is 2.88. The van der Waals surface area contributed by atoms with Gasteiger partial charge in [-0.1, -0.05) is 13.8 Å². The molecule has 1 rings (SSSR count). The third-order valence-corrected chi connectivity index (χ3v) is 3.50. The van der Waals surface area contributed by atoms with E-state index in [1.54, 1.807) is 12.3 Å². The van der Waals surface area contributed by atoms with E-state index in [0.717, 1.165) is 4.47 Å². The van der Waals surface area contributed by atoms with Crippen LogP contribution < -0.4 is 10.6 Å². The Bertz CT molecular complexity index is 466. The summed E-state index contributed by atoms with van der Waals surface area (Å²) in [4.78, 5) is 16.8. The minimum Gasteiger partial charge on any atom is -0.380 e. The first-order chi connectivity index (χ1) is 9.99. The number of ether oxygens (including phenoxy) is 1. The van der Waals surface area contributed by atoms with E-state index in [4.69, 9.17) is 4.74 Å². The van der Waals surface area contributed by atoms with Gasteiger partial charge in [0.1, 0.15) is 5.82 Å². The zero-order chi connectivity index (χ0) is 15.8. The molecule has 0 aliphatic carbocycles. The Morgan fingerprint density at radius 3 is 2.71 bits per heavy atom. The molecule has 1 amide bonds. The molecule has 0 spiro atoms. The summed E-state index contributed by atoms with van der Waals surface area (Å²) in [6, 6.07) is 1.75. The van der Waals surface area contributed by atoms with Crippen LogP contribution in [-0.2, 0) is 4.74 Å². The molecule has 0 aliphatic rings. The number of halogens is 1. The van der Waals surface area contributed by atoms with Gasteiger partial charge < -0.3 is 15.4 Å². The molecule has 2 N–H and O–H groups in total. The van der Waals surface area contributed by atoms with E-state index in [9.17, 15) is 4.79 Å². The zero-order valence-electron chi connectivity index (χ0n) is 13.1. The molecule has 1 heterocycles. The molecule has 21 heavy (non-hydrogen) atoms. The van der Waals surface area contributed by atoms with Crippen LogP contribution in [0.15, 0.2) is 16.7 Å². The molecule has 1 unspecified atom stereocenters. The Morgan fingerprint density at radius 1 is 1.43 bits per heavy atom. The van der Waals surface area contributed by atoms with Crippen LogP contribution in [-0.4, -0.2) is 36.7 Å². The lowest BCUT2D eigenvalue weighted by Gasteiger charge is -2.22. The molecule has 0 saturated carbocycles. The first-order valence-corrected chi connectivity index (χ1v) is 8.06. The van der Waals surface area contributed by atoms with Gasteiger partial charge in [0.25, 0.3) is 5.91 Å². The molecular weight excluding hydrogens is 334 g/mol. The van der Waals surface area contributed by atoms with Gasteiger partial charge in [-0.25, -0.2) is 4.98 Å². The monoisotopic (exact) mass is 357 g/mol. The SMILES string of the molecule is CCNc1ncc(Br)cc1C(=O)NC(COCC)C(C)C. The number of nitrogens with zero attached hydrogens (tertiary/aromatic N) is 1. The van der Waals surface area contributed by atoms with E-state index in [0.29, 0.717) is 37.1 Å². The van der Waals surface area contributed by atoms with Crippen LogP contribution >= 0.6 is 15.9 Å². The fourth-order valence-electron chi connectivity index (χ4n) is 1.81. The summed E-state index contributed by atoms with van der Waals surface area (Å²) in [5, 5.41) is 6.13. The maximum Gasteiger partial charge on any atom is 0.255 e. The summed E-state index contributed by atoms with van der Waals surface area (Å²) in [5.41, 5.74) is 0.536. The van der Waals surface area contributed by atoms with Crippen LogP contribution in [0.2, 0.25) is 0 Å². The summed E-state index contributed by atoms with van der Waals surface area (Å²) in [5.74, 6) is 0.749. The highest BCUT2D eigenvalue weighted by Gasteiger charge is 2.20. The molecule has 118 valence electrons.